The lowest BCUT2D eigenvalue weighted by Gasteiger charge is -2.13. The number of carbonyl (C=O) groups excluding carboxylic acids is 1. The molecule has 28 heavy (non-hydrogen) atoms. The van der Waals surface area contributed by atoms with Crippen LogP contribution in [-0.4, -0.2) is 23.0 Å². The van der Waals surface area contributed by atoms with E-state index in [-0.39, 0.29) is 18.6 Å². The van der Waals surface area contributed by atoms with E-state index in [4.69, 9.17) is 4.74 Å². The molecule has 0 unspecified atom stereocenters. The number of nitrogens with one attached hydrogen (secondary N) is 1. The summed E-state index contributed by atoms with van der Waals surface area (Å²) in [6, 6.07) is 4.96. The molecule has 0 bridgehead atoms. The van der Waals surface area contributed by atoms with E-state index in [0.717, 1.165) is 17.8 Å². The second kappa shape index (κ2) is 8.75. The van der Waals surface area contributed by atoms with Crippen molar-refractivity contribution in [1.82, 2.24) is 9.97 Å². The van der Waals surface area contributed by atoms with Gasteiger partial charge in [0.1, 0.15) is 11.6 Å². The highest BCUT2D eigenvalue weighted by molar-refractivity contribution is 7.13. The molecule has 0 aliphatic rings. The van der Waals surface area contributed by atoms with Crippen molar-refractivity contribution in [3.8, 4) is 11.5 Å². The number of aryl methyl sites for hydroxylation is 2. The summed E-state index contributed by atoms with van der Waals surface area (Å²) in [4.78, 5) is 20.0. The number of halogens is 2. The van der Waals surface area contributed by atoms with Crippen molar-refractivity contribution in [1.29, 1.82) is 0 Å². The van der Waals surface area contributed by atoms with Crippen molar-refractivity contribution in [3.63, 3.8) is 0 Å². The minimum atomic E-state index is -0.833. The van der Waals surface area contributed by atoms with E-state index in [1.165, 1.54) is 36.8 Å². The predicted molar refractivity (Wildman–Crippen MR) is 101 cm³/mol. The molecule has 0 saturated heterocycles. The number of carbonyl (C=O) groups is 1. The number of nitrogens with zero attached hydrogens (tertiary/aromatic N) is 2. The highest BCUT2D eigenvalue weighted by Crippen LogP contribution is 2.32. The van der Waals surface area contributed by atoms with Gasteiger partial charge in [-0.25, -0.2) is 18.7 Å². The Balaban J connectivity index is 1.91. The Morgan fingerprint density at radius 3 is 2.68 bits per heavy atom. The number of anilines is 2. The van der Waals surface area contributed by atoms with Crippen molar-refractivity contribution in [2.45, 2.75) is 19.8 Å². The number of rotatable bonds is 7. The Labute approximate surface area is 164 Å². The normalized spacial score (nSPS) is 10.6. The quantitative estimate of drug-likeness (QED) is 0.571. The second-order valence-corrected chi connectivity index (χ2v) is 6.68. The fourth-order valence-corrected chi connectivity index (χ4v) is 3.06. The van der Waals surface area contributed by atoms with Crippen LogP contribution in [0.2, 0.25) is 0 Å². The van der Waals surface area contributed by atoms with Gasteiger partial charge in [0.2, 0.25) is 0 Å². The largest absolute Gasteiger partial charge is 0.469 e. The zero-order valence-electron chi connectivity index (χ0n) is 15.2. The lowest BCUT2D eigenvalue weighted by atomic mass is 10.1. The minimum absolute atomic E-state index is 0.0761. The molecule has 0 aliphatic carbocycles. The van der Waals surface area contributed by atoms with E-state index in [9.17, 15) is 13.6 Å². The number of pyridine rings is 1. The first kappa shape index (κ1) is 19.7. The lowest BCUT2D eigenvalue weighted by Crippen LogP contribution is -2.05. The number of para-hydroxylation sites is 1. The van der Waals surface area contributed by atoms with Gasteiger partial charge in [0, 0.05) is 29.6 Å². The number of ether oxygens (including phenoxy) is 2. The van der Waals surface area contributed by atoms with Gasteiger partial charge in [0.15, 0.2) is 22.5 Å². The highest BCUT2D eigenvalue weighted by atomic mass is 32.1. The molecular formula is C19H17F2N3O3S. The van der Waals surface area contributed by atoms with Crippen LogP contribution < -0.4 is 10.1 Å². The van der Waals surface area contributed by atoms with E-state index < -0.39 is 23.4 Å². The van der Waals surface area contributed by atoms with Gasteiger partial charge in [-0.15, -0.1) is 11.3 Å². The molecule has 0 atom stereocenters. The fourth-order valence-electron chi connectivity index (χ4n) is 2.37. The first-order valence-corrected chi connectivity index (χ1v) is 9.21. The van der Waals surface area contributed by atoms with Crippen molar-refractivity contribution in [2.24, 2.45) is 0 Å². The summed E-state index contributed by atoms with van der Waals surface area (Å²) in [7, 11) is 1.29. The number of methoxy groups -OCH3 is 1. The summed E-state index contributed by atoms with van der Waals surface area (Å²) in [6.45, 7) is 1.86. The third-order valence-electron chi connectivity index (χ3n) is 3.75. The summed E-state index contributed by atoms with van der Waals surface area (Å²) in [5, 5.41) is 5.52. The molecule has 3 aromatic rings. The van der Waals surface area contributed by atoms with Gasteiger partial charge in [-0.1, -0.05) is 6.07 Å². The van der Waals surface area contributed by atoms with Gasteiger partial charge < -0.3 is 14.8 Å². The molecule has 0 saturated carbocycles. The van der Waals surface area contributed by atoms with Crippen molar-refractivity contribution < 1.29 is 23.0 Å². The molecular weight excluding hydrogens is 388 g/mol. The first-order valence-electron chi connectivity index (χ1n) is 8.33. The minimum Gasteiger partial charge on any atom is -0.469 e. The van der Waals surface area contributed by atoms with Crippen LogP contribution in [0, 0.1) is 18.6 Å². The predicted octanol–water partition coefficient (Wildman–Crippen LogP) is 4.77. The molecule has 146 valence electrons. The van der Waals surface area contributed by atoms with E-state index in [1.807, 2.05) is 12.3 Å². The zero-order chi connectivity index (χ0) is 20.1. The maximum absolute atomic E-state index is 14.0. The molecule has 0 aliphatic heterocycles. The third kappa shape index (κ3) is 4.80. The maximum Gasteiger partial charge on any atom is 0.305 e. The SMILES string of the molecule is COC(=O)CCc1cnc(Nc2nc(C)cs2)cc1Oc1c(F)cccc1F. The van der Waals surface area contributed by atoms with Crippen LogP contribution in [0.15, 0.2) is 35.8 Å². The molecule has 2 aromatic heterocycles. The molecule has 1 N–H and O–H groups in total. The average Bonchev–Trinajstić information content (AvgIpc) is 3.08. The summed E-state index contributed by atoms with van der Waals surface area (Å²) < 4.78 is 38.2. The fraction of sp³-hybridized carbons (Fsp3) is 0.211. The molecule has 1 aromatic carbocycles. The van der Waals surface area contributed by atoms with Crippen molar-refractivity contribution in [3.05, 3.63) is 58.7 Å². The number of aromatic nitrogens is 2. The molecule has 0 fully saturated rings. The molecule has 3 rings (SSSR count). The third-order valence-corrected chi connectivity index (χ3v) is 4.63. The second-order valence-electron chi connectivity index (χ2n) is 5.83. The first-order chi connectivity index (χ1) is 13.5. The van der Waals surface area contributed by atoms with Crippen molar-refractivity contribution in [2.75, 3.05) is 12.4 Å². The topological polar surface area (TPSA) is 73.3 Å². The zero-order valence-corrected chi connectivity index (χ0v) is 16.0. The molecule has 6 nitrogen and oxygen atoms in total. The smallest absolute Gasteiger partial charge is 0.305 e. The van der Waals surface area contributed by atoms with Gasteiger partial charge in [-0.2, -0.15) is 0 Å². The van der Waals surface area contributed by atoms with Crippen LogP contribution in [-0.2, 0) is 16.0 Å². The summed E-state index contributed by atoms with van der Waals surface area (Å²) in [5.41, 5.74) is 1.36. The Morgan fingerprint density at radius 2 is 2.04 bits per heavy atom. The maximum atomic E-state index is 14.0. The van der Waals surface area contributed by atoms with Gasteiger partial charge in [-0.05, 0) is 25.5 Å². The van der Waals surface area contributed by atoms with Crippen LogP contribution in [0.25, 0.3) is 0 Å². The van der Waals surface area contributed by atoms with Crippen LogP contribution in [0.5, 0.6) is 11.5 Å². The Hall–Kier alpha value is -3.07. The Morgan fingerprint density at radius 1 is 1.29 bits per heavy atom. The molecule has 9 heteroatoms. The summed E-state index contributed by atoms with van der Waals surface area (Å²) in [5.74, 6) is -2.03. The summed E-state index contributed by atoms with van der Waals surface area (Å²) in [6.07, 6.45) is 1.80. The lowest BCUT2D eigenvalue weighted by molar-refractivity contribution is -0.140. The standard InChI is InChI=1S/C19H17F2N3O3S/c1-11-10-28-19(23-11)24-16-8-15(12(9-22-16)6-7-17(25)26-2)27-18-13(20)4-3-5-14(18)21/h3-5,8-10H,6-7H2,1-2H3,(H,22,23,24). The molecule has 0 spiro atoms. The van der Waals surface area contributed by atoms with Gasteiger partial charge in [-0.3, -0.25) is 4.79 Å². The van der Waals surface area contributed by atoms with Crippen molar-refractivity contribution >= 4 is 28.3 Å². The number of hydrogen-bond acceptors (Lipinski definition) is 7. The summed E-state index contributed by atoms with van der Waals surface area (Å²) >= 11 is 1.40. The van der Waals surface area contributed by atoms with Crippen LogP contribution >= 0.6 is 11.3 Å². The number of esters is 1. The van der Waals surface area contributed by atoms with E-state index >= 15 is 0 Å². The van der Waals surface area contributed by atoms with Crippen LogP contribution in [0.4, 0.5) is 19.7 Å². The van der Waals surface area contributed by atoms with Gasteiger partial charge >= 0.3 is 5.97 Å². The number of thiazole rings is 1. The average molecular weight is 405 g/mol. The monoisotopic (exact) mass is 405 g/mol. The molecule has 2 heterocycles. The van der Waals surface area contributed by atoms with Crippen LogP contribution in [0.3, 0.4) is 0 Å². The Kier molecular flexibility index (Phi) is 6.15. The molecule has 0 radical (unpaired) electrons. The highest BCUT2D eigenvalue weighted by Gasteiger charge is 2.16. The Bertz CT molecular complexity index is 974. The van der Waals surface area contributed by atoms with Crippen LogP contribution in [0.1, 0.15) is 17.7 Å². The van der Waals surface area contributed by atoms with E-state index in [1.54, 1.807) is 0 Å². The number of benzene rings is 1. The number of hydrogen-bond donors (Lipinski definition) is 1. The van der Waals surface area contributed by atoms with Gasteiger partial charge in [0.25, 0.3) is 0 Å². The van der Waals surface area contributed by atoms with E-state index in [0.29, 0.717) is 16.5 Å². The van der Waals surface area contributed by atoms with E-state index in [2.05, 4.69) is 20.0 Å². The molecule has 0 amide bonds. The van der Waals surface area contributed by atoms with Gasteiger partial charge in [0.05, 0.1) is 12.8 Å².